The van der Waals surface area contributed by atoms with Crippen molar-refractivity contribution in [2.75, 3.05) is 5.73 Å². The fourth-order valence-electron chi connectivity index (χ4n) is 2.22. The van der Waals surface area contributed by atoms with E-state index in [-0.39, 0.29) is 0 Å². The molecule has 0 radical (unpaired) electrons. The van der Waals surface area contributed by atoms with E-state index in [4.69, 9.17) is 22.6 Å². The van der Waals surface area contributed by atoms with Gasteiger partial charge < -0.3 is 5.73 Å². The highest BCUT2D eigenvalue weighted by Gasteiger charge is 2.15. The van der Waals surface area contributed by atoms with Gasteiger partial charge in [-0.1, -0.05) is 35.1 Å². The molecule has 0 aliphatic carbocycles. The Labute approximate surface area is 136 Å². The zero-order chi connectivity index (χ0) is 15.7. The van der Waals surface area contributed by atoms with Gasteiger partial charge in [-0.25, -0.2) is 9.97 Å². The fourth-order valence-corrected chi connectivity index (χ4v) is 3.32. The summed E-state index contributed by atoms with van der Waals surface area (Å²) in [6.07, 6.45) is 0. The number of hydrogen-bond acceptors (Lipinski definition) is 5. The lowest BCUT2D eigenvalue weighted by Gasteiger charge is -2.05. The summed E-state index contributed by atoms with van der Waals surface area (Å²) < 4.78 is 0. The molecule has 108 valence electrons. The second kappa shape index (κ2) is 5.76. The predicted molar refractivity (Wildman–Crippen MR) is 89.7 cm³/mol. The van der Waals surface area contributed by atoms with Gasteiger partial charge in [0.25, 0.3) is 0 Å². The first-order chi connectivity index (χ1) is 10.6. The van der Waals surface area contributed by atoms with Crippen LogP contribution in [0.2, 0.25) is 5.15 Å². The minimum absolute atomic E-state index is 0.429. The molecule has 0 aliphatic heterocycles. The summed E-state index contributed by atoms with van der Waals surface area (Å²) >= 11 is 7.44. The summed E-state index contributed by atoms with van der Waals surface area (Å²) in [5.41, 5.74) is 9.83. The maximum Gasteiger partial charge on any atom is 0.181 e. The molecule has 0 aliphatic rings. The highest BCUT2D eigenvalue weighted by molar-refractivity contribution is 7.19. The molecular weight excluding hydrogens is 316 g/mol. The summed E-state index contributed by atoms with van der Waals surface area (Å²) in [5.74, 6) is 0. The summed E-state index contributed by atoms with van der Waals surface area (Å²) in [7, 11) is 0. The number of benzene rings is 1. The molecule has 2 aromatic heterocycles. The van der Waals surface area contributed by atoms with Gasteiger partial charge in [-0.3, -0.25) is 0 Å². The van der Waals surface area contributed by atoms with Crippen LogP contribution in [0.5, 0.6) is 0 Å². The van der Waals surface area contributed by atoms with Crippen LogP contribution in [-0.4, -0.2) is 9.97 Å². The van der Waals surface area contributed by atoms with E-state index in [1.165, 1.54) is 11.3 Å². The van der Waals surface area contributed by atoms with Gasteiger partial charge in [-0.15, -0.1) is 0 Å². The Hall–Kier alpha value is -2.42. The van der Waals surface area contributed by atoms with Crippen LogP contribution >= 0.6 is 22.9 Å². The molecular formula is C16H11ClN4S. The lowest BCUT2D eigenvalue weighted by Crippen LogP contribution is -1.87. The summed E-state index contributed by atoms with van der Waals surface area (Å²) in [6, 6.07) is 13.2. The van der Waals surface area contributed by atoms with Crippen molar-refractivity contribution in [2.24, 2.45) is 0 Å². The quantitative estimate of drug-likeness (QED) is 0.713. The van der Waals surface area contributed by atoms with E-state index in [1.54, 1.807) is 18.2 Å². The van der Waals surface area contributed by atoms with E-state index in [9.17, 15) is 0 Å². The summed E-state index contributed by atoms with van der Waals surface area (Å²) in [5, 5.41) is 9.95. The van der Waals surface area contributed by atoms with Crippen molar-refractivity contribution in [3.05, 3.63) is 52.8 Å². The lowest BCUT2D eigenvalue weighted by atomic mass is 10.1. The van der Waals surface area contributed by atoms with E-state index in [0.717, 1.165) is 27.4 Å². The molecule has 0 amide bonds. The topological polar surface area (TPSA) is 75.6 Å². The Morgan fingerprint density at radius 3 is 2.73 bits per heavy atom. The smallest absolute Gasteiger partial charge is 0.181 e. The summed E-state index contributed by atoms with van der Waals surface area (Å²) in [6.45, 7) is 1.88. The first-order valence-corrected chi connectivity index (χ1v) is 7.67. The van der Waals surface area contributed by atoms with Crippen molar-refractivity contribution in [3.8, 4) is 27.8 Å². The number of aromatic nitrogens is 2. The first-order valence-electron chi connectivity index (χ1n) is 6.48. The summed E-state index contributed by atoms with van der Waals surface area (Å²) in [4.78, 5) is 9.50. The predicted octanol–water partition coefficient (Wildman–Crippen LogP) is 4.29. The van der Waals surface area contributed by atoms with Crippen LogP contribution in [0.25, 0.3) is 21.7 Å². The second-order valence-electron chi connectivity index (χ2n) is 4.74. The molecule has 2 N–H and O–H groups in total. The van der Waals surface area contributed by atoms with Gasteiger partial charge in [-0.2, -0.15) is 5.26 Å². The number of pyridine rings is 1. The minimum atomic E-state index is 0.429. The Bertz CT molecular complexity index is 875. The van der Waals surface area contributed by atoms with Crippen molar-refractivity contribution in [2.45, 2.75) is 6.92 Å². The number of nitriles is 1. The third-order valence-corrected chi connectivity index (χ3v) is 4.22. The van der Waals surface area contributed by atoms with E-state index < -0.39 is 0 Å². The number of nitrogens with zero attached hydrogens (tertiary/aromatic N) is 3. The van der Waals surface area contributed by atoms with Crippen LogP contribution < -0.4 is 5.73 Å². The van der Waals surface area contributed by atoms with Crippen LogP contribution in [-0.2, 0) is 0 Å². The first kappa shape index (κ1) is 14.5. The molecule has 0 spiro atoms. The number of hydrogen-bond donors (Lipinski definition) is 1. The van der Waals surface area contributed by atoms with Crippen molar-refractivity contribution in [1.82, 2.24) is 9.97 Å². The minimum Gasteiger partial charge on any atom is -0.375 e. The standard InChI is InChI=1S/C16H11ClN4S/c1-9-5-12(7-13(17)20-9)15-14(21-16(19)22-15)11-4-2-3-10(6-11)8-18/h2-7H,1H3,(H2,19,21). The van der Waals surface area contributed by atoms with Gasteiger partial charge in [0.05, 0.1) is 22.2 Å². The number of aryl methyl sites for hydroxylation is 1. The van der Waals surface area contributed by atoms with Gasteiger partial charge in [0, 0.05) is 11.3 Å². The molecule has 0 fully saturated rings. The Kier molecular flexibility index (Phi) is 3.80. The van der Waals surface area contributed by atoms with E-state index in [1.807, 2.05) is 25.1 Å². The second-order valence-corrected chi connectivity index (χ2v) is 6.16. The van der Waals surface area contributed by atoms with E-state index >= 15 is 0 Å². The Morgan fingerprint density at radius 1 is 1.18 bits per heavy atom. The van der Waals surface area contributed by atoms with Crippen LogP contribution in [0.15, 0.2) is 36.4 Å². The molecule has 4 nitrogen and oxygen atoms in total. The normalized spacial score (nSPS) is 10.4. The zero-order valence-electron chi connectivity index (χ0n) is 11.7. The van der Waals surface area contributed by atoms with Crippen LogP contribution in [0.1, 0.15) is 11.3 Å². The van der Waals surface area contributed by atoms with Gasteiger partial charge >= 0.3 is 0 Å². The largest absolute Gasteiger partial charge is 0.375 e. The van der Waals surface area contributed by atoms with Crippen molar-refractivity contribution >= 4 is 28.1 Å². The number of rotatable bonds is 2. The third kappa shape index (κ3) is 2.80. The lowest BCUT2D eigenvalue weighted by molar-refractivity contribution is 1.20. The van der Waals surface area contributed by atoms with Gasteiger partial charge in [-0.05, 0) is 36.8 Å². The third-order valence-electron chi connectivity index (χ3n) is 3.09. The van der Waals surface area contributed by atoms with Crippen molar-refractivity contribution in [3.63, 3.8) is 0 Å². The average Bonchev–Trinajstić information content (AvgIpc) is 2.88. The maximum atomic E-state index is 9.06. The molecule has 6 heteroatoms. The SMILES string of the molecule is Cc1cc(-c2sc(N)nc2-c2cccc(C#N)c2)cc(Cl)n1. The van der Waals surface area contributed by atoms with Gasteiger partial charge in [0.15, 0.2) is 5.13 Å². The zero-order valence-corrected chi connectivity index (χ0v) is 13.2. The highest BCUT2D eigenvalue weighted by Crippen LogP contribution is 2.38. The number of nitrogens with two attached hydrogens (primary N) is 1. The van der Waals surface area contributed by atoms with E-state index in [0.29, 0.717) is 15.8 Å². The molecule has 2 heterocycles. The van der Waals surface area contributed by atoms with Crippen molar-refractivity contribution in [1.29, 1.82) is 5.26 Å². The molecule has 0 bridgehead atoms. The molecule has 0 saturated heterocycles. The number of thiazole rings is 1. The average molecular weight is 327 g/mol. The molecule has 1 aromatic carbocycles. The molecule has 0 unspecified atom stereocenters. The van der Waals surface area contributed by atoms with Gasteiger partial charge in [0.1, 0.15) is 5.15 Å². The number of halogens is 1. The molecule has 22 heavy (non-hydrogen) atoms. The fraction of sp³-hybridized carbons (Fsp3) is 0.0625. The molecule has 0 saturated carbocycles. The van der Waals surface area contributed by atoms with Crippen LogP contribution in [0, 0.1) is 18.3 Å². The molecule has 3 aromatic rings. The van der Waals surface area contributed by atoms with E-state index in [2.05, 4.69) is 16.0 Å². The molecule has 3 rings (SSSR count). The van der Waals surface area contributed by atoms with Gasteiger partial charge in [0.2, 0.25) is 0 Å². The van der Waals surface area contributed by atoms with Crippen molar-refractivity contribution < 1.29 is 0 Å². The molecule has 0 atom stereocenters. The maximum absolute atomic E-state index is 9.06. The van der Waals surface area contributed by atoms with Crippen LogP contribution in [0.4, 0.5) is 5.13 Å². The number of nitrogen functional groups attached to an aromatic ring is 1. The van der Waals surface area contributed by atoms with Crippen LogP contribution in [0.3, 0.4) is 0 Å². The highest BCUT2D eigenvalue weighted by atomic mass is 35.5. The Morgan fingerprint density at radius 2 is 2.00 bits per heavy atom. The Balaban J connectivity index is 2.20. The number of anilines is 1. The monoisotopic (exact) mass is 326 g/mol.